The van der Waals surface area contributed by atoms with Gasteiger partial charge in [0.25, 0.3) is 11.8 Å². The van der Waals surface area contributed by atoms with Gasteiger partial charge < -0.3 is 30.3 Å². The lowest BCUT2D eigenvalue weighted by molar-refractivity contribution is -0.144. The van der Waals surface area contributed by atoms with E-state index < -0.39 is 69.0 Å². The van der Waals surface area contributed by atoms with Gasteiger partial charge in [0.2, 0.25) is 33.6 Å². The molecule has 2 aliphatic heterocycles. The van der Waals surface area contributed by atoms with E-state index in [-0.39, 0.29) is 43.8 Å². The first-order valence-electron chi connectivity index (χ1n) is 29.2. The molecular formula is C61H75N13O9S2. The molecule has 5 amide bonds. The number of thiazole rings is 1. The van der Waals surface area contributed by atoms with Gasteiger partial charge in [-0.05, 0) is 116 Å². The number of β-amino-alcohol motifs (C(OH)–C–C–N with tert-alkyl or cyclic N) is 1. The van der Waals surface area contributed by atoms with Crippen LogP contribution in [-0.4, -0.2) is 127 Å². The molecule has 22 nitrogen and oxygen atoms in total. The fourth-order valence-corrected chi connectivity index (χ4v) is 13.8. The number of nitrogens with one attached hydrogen (secondary N) is 4. The number of hydrogen-bond donors (Lipinski definition) is 5. The minimum atomic E-state index is -4.23. The van der Waals surface area contributed by atoms with Crippen LogP contribution in [0, 0.1) is 18.3 Å². The average molecular weight is 1200 g/mol. The number of aliphatic hydroxyl groups is 1. The summed E-state index contributed by atoms with van der Waals surface area (Å²) in [6.07, 6.45) is 9.51. The zero-order chi connectivity index (χ0) is 60.3. The molecule has 7 aromatic rings. The number of likely N-dealkylation sites (tertiary alicyclic amines) is 1. The number of rotatable bonds is 20. The van der Waals surface area contributed by atoms with Gasteiger partial charge in [0.15, 0.2) is 5.13 Å². The van der Waals surface area contributed by atoms with Crippen LogP contribution in [-0.2, 0) is 51.0 Å². The largest absolute Gasteiger partial charge is 0.479 e. The van der Waals surface area contributed by atoms with E-state index in [4.69, 9.17) is 14.8 Å². The molecule has 1 saturated carbocycles. The van der Waals surface area contributed by atoms with Crippen LogP contribution in [0.5, 0.6) is 5.88 Å². The first-order valence-corrected chi connectivity index (χ1v) is 31.7. The Bertz CT molecular complexity index is 3740. The zero-order valence-corrected chi connectivity index (χ0v) is 50.8. The number of aryl methyl sites for hydroxylation is 1. The Morgan fingerprint density at radius 1 is 0.929 bits per heavy atom. The number of nitrogens with zero attached hydrogens (tertiary/aromatic N) is 9. The van der Waals surface area contributed by atoms with Gasteiger partial charge in [0.1, 0.15) is 33.9 Å². The molecule has 5 N–H and O–H groups in total. The number of sulfonamides is 1. The van der Waals surface area contributed by atoms with Crippen LogP contribution < -0.4 is 30.3 Å². The predicted molar refractivity (Wildman–Crippen MR) is 324 cm³/mol. The number of benzene rings is 2. The van der Waals surface area contributed by atoms with Crippen molar-refractivity contribution in [3.63, 3.8) is 0 Å². The topological polar surface area (TPSA) is 278 Å². The maximum Gasteiger partial charge on any atom is 0.284 e. The summed E-state index contributed by atoms with van der Waals surface area (Å²) in [7, 11) is -0.877. The Morgan fingerprint density at radius 2 is 1.73 bits per heavy atom. The number of ether oxygens (including phenoxy) is 1. The second kappa shape index (κ2) is 25.4. The number of amides is 5. The Morgan fingerprint density at radius 3 is 2.49 bits per heavy atom. The molecule has 3 aliphatic rings. The third-order valence-corrected chi connectivity index (χ3v) is 18.8. The van der Waals surface area contributed by atoms with E-state index in [0.717, 1.165) is 52.7 Å². The maximum atomic E-state index is 14.5. The van der Waals surface area contributed by atoms with E-state index in [0.29, 0.717) is 75.7 Å². The minimum absolute atomic E-state index is 0.0213. The van der Waals surface area contributed by atoms with Crippen molar-refractivity contribution in [3.05, 3.63) is 107 Å². The third-order valence-electron chi connectivity index (χ3n) is 16.6. The number of anilines is 2. The molecule has 85 heavy (non-hydrogen) atoms. The van der Waals surface area contributed by atoms with E-state index in [1.807, 2.05) is 72.9 Å². The zero-order valence-electron chi connectivity index (χ0n) is 49.2. The van der Waals surface area contributed by atoms with Crippen LogP contribution in [0.1, 0.15) is 141 Å². The number of unbranched alkanes of at least 4 members (excludes halogenated alkanes) is 2. The summed E-state index contributed by atoms with van der Waals surface area (Å²) in [5.41, 5.74) is 5.63. The van der Waals surface area contributed by atoms with E-state index in [9.17, 15) is 37.5 Å². The normalized spacial score (nSPS) is 17.4. The molecular weight excluding hydrogens is 1120 g/mol. The summed E-state index contributed by atoms with van der Waals surface area (Å²) < 4.78 is 39.0. The molecule has 1 saturated heterocycles. The third kappa shape index (κ3) is 13.7. The fraction of sp³-hybridized carbons (Fsp3) is 0.475. The highest BCUT2D eigenvalue weighted by Crippen LogP contribution is 2.35. The Balaban J connectivity index is 0.777. The van der Waals surface area contributed by atoms with Gasteiger partial charge in [-0.3, -0.25) is 38.7 Å². The van der Waals surface area contributed by atoms with Gasteiger partial charge >= 0.3 is 0 Å². The highest BCUT2D eigenvalue weighted by atomic mass is 32.2. The summed E-state index contributed by atoms with van der Waals surface area (Å²) in [4.78, 5) is 88.0. The SMILES string of the molecule is COc1nn(C)c2ccc([C@H](C)NC(=O)[C@@H]3C[C@@H](O)CN3C(=O)[C@@H](NC(=O)CCCCCS(=O)(=O)NC(=O)c3nc(N4CCc5cccc(C(=O)Nc6nc7cccnc7s6)c5C4)ccc3-c3cnn(CC4CCCCC4)c3C)C(C)(C)C)cc12. The van der Waals surface area contributed by atoms with Crippen LogP contribution in [0.25, 0.3) is 32.4 Å². The lowest BCUT2D eigenvalue weighted by Crippen LogP contribution is -2.57. The predicted octanol–water partition coefficient (Wildman–Crippen LogP) is 7.54. The van der Waals surface area contributed by atoms with Crippen LogP contribution in [0.2, 0.25) is 0 Å². The number of fused-ring (bicyclic) bond motifs is 3. The molecule has 450 valence electrons. The van der Waals surface area contributed by atoms with Gasteiger partial charge in [-0.15, -0.1) is 5.10 Å². The molecule has 0 unspecified atom stereocenters. The molecule has 4 atom stereocenters. The number of pyridine rings is 2. The van der Waals surface area contributed by atoms with Crippen molar-refractivity contribution in [3.8, 4) is 17.0 Å². The number of carbonyl (C=O) groups excluding carboxylic acids is 5. The summed E-state index contributed by atoms with van der Waals surface area (Å²) in [6.45, 7) is 10.6. The van der Waals surface area contributed by atoms with Crippen LogP contribution in [0.4, 0.5) is 10.9 Å². The lowest BCUT2D eigenvalue weighted by atomic mass is 9.85. The summed E-state index contributed by atoms with van der Waals surface area (Å²) in [5.74, 6) is -1.66. The van der Waals surface area contributed by atoms with E-state index >= 15 is 0 Å². The molecule has 0 radical (unpaired) electrons. The molecule has 1 aliphatic carbocycles. The van der Waals surface area contributed by atoms with Gasteiger partial charge in [0.05, 0.1) is 42.1 Å². The number of methoxy groups -OCH3 is 1. The monoisotopic (exact) mass is 1200 g/mol. The van der Waals surface area contributed by atoms with Crippen molar-refractivity contribution in [2.24, 2.45) is 18.4 Å². The van der Waals surface area contributed by atoms with E-state index in [1.54, 1.807) is 56.0 Å². The number of carbonyl (C=O) groups is 5. The van der Waals surface area contributed by atoms with Gasteiger partial charge in [-0.1, -0.05) is 76.0 Å². The quantitative estimate of drug-likeness (QED) is 0.0461. The fourth-order valence-electron chi connectivity index (χ4n) is 11.9. The van der Waals surface area contributed by atoms with Crippen molar-refractivity contribution in [2.75, 3.05) is 36.2 Å². The molecule has 5 aromatic heterocycles. The average Bonchev–Trinajstić information content (AvgIpc) is 4.31. The molecule has 2 fully saturated rings. The second-order valence-electron chi connectivity index (χ2n) is 23.8. The highest BCUT2D eigenvalue weighted by molar-refractivity contribution is 7.90. The van der Waals surface area contributed by atoms with Gasteiger partial charge in [-0.25, -0.2) is 28.1 Å². The Hall–Kier alpha value is -7.83. The Labute approximate surface area is 498 Å². The second-order valence-corrected chi connectivity index (χ2v) is 26.6. The van der Waals surface area contributed by atoms with Crippen molar-refractivity contribution < 1.29 is 42.2 Å². The van der Waals surface area contributed by atoms with Crippen LogP contribution in [0.3, 0.4) is 0 Å². The minimum Gasteiger partial charge on any atom is -0.479 e. The Kier molecular flexibility index (Phi) is 18.0. The molecule has 7 heterocycles. The van der Waals surface area contributed by atoms with Crippen molar-refractivity contribution in [2.45, 2.75) is 143 Å². The van der Waals surface area contributed by atoms with E-state index in [1.165, 1.54) is 42.6 Å². The number of hydrogen-bond acceptors (Lipinski definition) is 16. The molecule has 2 aromatic carbocycles. The van der Waals surface area contributed by atoms with Crippen molar-refractivity contribution in [1.29, 1.82) is 0 Å². The number of aliphatic hydroxyl groups excluding tert-OH is 1. The highest BCUT2D eigenvalue weighted by Gasteiger charge is 2.45. The van der Waals surface area contributed by atoms with E-state index in [2.05, 4.69) is 35.7 Å². The summed E-state index contributed by atoms with van der Waals surface area (Å²) >= 11 is 1.29. The molecule has 0 bridgehead atoms. The lowest BCUT2D eigenvalue weighted by Gasteiger charge is -2.35. The van der Waals surface area contributed by atoms with Crippen molar-refractivity contribution >= 4 is 83.1 Å². The summed E-state index contributed by atoms with van der Waals surface area (Å²) in [5, 5.41) is 30.0. The first-order chi connectivity index (χ1) is 40.6. The van der Waals surface area contributed by atoms with Crippen molar-refractivity contribution in [1.82, 2.24) is 54.8 Å². The molecule has 10 rings (SSSR count). The summed E-state index contributed by atoms with van der Waals surface area (Å²) in [6, 6.07) is 16.0. The number of aromatic nitrogens is 7. The standard InChI is InChI=1S/C61H75N13O9S2/c1-36(40-22-24-48-44(30-40)57(83-7)69-71(48)6)64-55(78)49-31-41(75)34-73(49)59(80)53(61(3,4)5)67-51(76)21-12-9-13-29-85(81,82)70-56(79)52-42(45-32-63-74(37(45)2)33-38-16-10-8-11-17-38)23-25-50(66-52)72-28-26-39-18-14-19-43(46(39)35-72)54(77)68-60-65-47-20-15-27-62-58(47)84-60/h14-15,18-20,22-25,27,30,32,36,38,41,49,53,75H,8-13,16-17,21,26,28-29,31,33-35H2,1-7H3,(H,64,78)(H,67,76)(H,70,79)(H,65,68,77)/t36-,41+,49-,53+/m0/s1. The van der Waals surface area contributed by atoms with Crippen LogP contribution in [0.15, 0.2) is 73.1 Å². The smallest absolute Gasteiger partial charge is 0.284 e. The van der Waals surface area contributed by atoms with Gasteiger partial charge in [-0.2, -0.15) is 5.10 Å². The maximum absolute atomic E-state index is 14.5. The van der Waals surface area contributed by atoms with Gasteiger partial charge in [0, 0.05) is 74.6 Å². The van der Waals surface area contributed by atoms with Crippen LogP contribution >= 0.6 is 11.3 Å². The first kappa shape index (κ1) is 60.3. The molecule has 24 heteroatoms. The molecule has 0 spiro atoms.